The zero-order chi connectivity index (χ0) is 7.54. The van der Waals surface area contributed by atoms with Crippen molar-refractivity contribution in [3.63, 3.8) is 0 Å². The van der Waals surface area contributed by atoms with Gasteiger partial charge >= 0.3 is 0 Å². The quantitative estimate of drug-likeness (QED) is 0.407. The average Bonchev–Trinajstić information content (AvgIpc) is 1.86. The summed E-state index contributed by atoms with van der Waals surface area (Å²) in [4.78, 5) is 8.81. The fourth-order valence-corrected chi connectivity index (χ4v) is 0.157. The topological polar surface area (TPSA) is 17.1 Å². The number of carbonyl (C=O) groups is 1. The predicted octanol–water partition coefficient (Wildman–Crippen LogP) is 2.12. The highest BCUT2D eigenvalue weighted by Crippen LogP contribution is 1.69. The van der Waals surface area contributed by atoms with Crippen LogP contribution >= 0.6 is 0 Å². The van der Waals surface area contributed by atoms with Crippen LogP contribution in [0.25, 0.3) is 0 Å². The van der Waals surface area contributed by atoms with E-state index in [4.69, 9.17) is 4.79 Å². The van der Waals surface area contributed by atoms with E-state index in [1.165, 1.54) is 6.92 Å². The van der Waals surface area contributed by atoms with Crippen LogP contribution in [0.15, 0.2) is 37.5 Å². The molecule has 0 aliphatic rings. The minimum atomic E-state index is 0.750. The molecule has 0 unspecified atom stereocenters. The normalized spacial score (nSPS) is 7.22. The van der Waals surface area contributed by atoms with Crippen LogP contribution in [0.1, 0.15) is 6.92 Å². The van der Waals surface area contributed by atoms with Crippen molar-refractivity contribution in [2.75, 3.05) is 0 Å². The van der Waals surface area contributed by atoms with Crippen LogP contribution in [0.3, 0.4) is 0 Å². The first-order chi connectivity index (χ1) is 4.33. The molecule has 0 N–H and O–H groups in total. The third-order valence-electron chi connectivity index (χ3n) is 0.383. The Hall–Kier alpha value is -1.11. The fraction of sp³-hybridized carbons (Fsp3) is 0.125. The zero-order valence-electron chi connectivity index (χ0n) is 5.71. The minimum Gasteiger partial charge on any atom is -0.304 e. The third-order valence-corrected chi connectivity index (χ3v) is 0.383. The molecule has 50 valence electrons. The predicted molar refractivity (Wildman–Crippen MR) is 41.3 cm³/mol. The molecule has 0 fully saturated rings. The number of aldehydes is 1. The number of carbonyl (C=O) groups excluding carboxylic acids is 1. The number of rotatable bonds is 2. The van der Waals surface area contributed by atoms with Crippen LogP contribution in [0.2, 0.25) is 0 Å². The van der Waals surface area contributed by atoms with Gasteiger partial charge in [-0.2, -0.15) is 0 Å². The summed E-state index contributed by atoms with van der Waals surface area (Å²) in [6, 6.07) is 0. The first kappa shape index (κ1) is 10.8. The maximum absolute atomic E-state index is 8.81. The first-order valence-corrected chi connectivity index (χ1v) is 2.63. The van der Waals surface area contributed by atoms with Gasteiger partial charge in [-0.25, -0.2) is 0 Å². The van der Waals surface area contributed by atoms with Crippen LogP contribution < -0.4 is 0 Å². The summed E-state index contributed by atoms with van der Waals surface area (Å²) in [7, 11) is 0. The summed E-state index contributed by atoms with van der Waals surface area (Å²) >= 11 is 0. The van der Waals surface area contributed by atoms with Gasteiger partial charge < -0.3 is 4.79 Å². The van der Waals surface area contributed by atoms with Crippen molar-refractivity contribution >= 4 is 6.29 Å². The Morgan fingerprint density at radius 2 is 1.33 bits per heavy atom. The Morgan fingerprint density at radius 1 is 1.11 bits per heavy atom. The smallest absolute Gasteiger partial charge is 0.116 e. The van der Waals surface area contributed by atoms with E-state index in [9.17, 15) is 0 Å². The summed E-state index contributed by atoms with van der Waals surface area (Å²) in [6.07, 6.45) is 7.82. The summed E-state index contributed by atoms with van der Waals surface area (Å²) < 4.78 is 0. The standard InChI is InChI=1S/C6H8.C2H4O/c1-3-5-6-4-2;1-2-3/h3-6H,1-2H2;2H,1H3/b6-5-;. The average molecular weight is 124 g/mol. The van der Waals surface area contributed by atoms with E-state index >= 15 is 0 Å². The molecule has 0 heterocycles. The molecular formula is C8H12O. The summed E-state index contributed by atoms with van der Waals surface area (Å²) in [5, 5.41) is 0. The Balaban J connectivity index is 0. The molecule has 0 spiro atoms. The number of allylic oxidation sites excluding steroid dienone is 4. The lowest BCUT2D eigenvalue weighted by molar-refractivity contribution is -0.106. The summed E-state index contributed by atoms with van der Waals surface area (Å²) in [5.41, 5.74) is 0. The highest BCUT2D eigenvalue weighted by Gasteiger charge is 1.47. The SMILES string of the molecule is C=C/C=C\C=C.CC=O. The van der Waals surface area contributed by atoms with Gasteiger partial charge in [0.25, 0.3) is 0 Å². The molecule has 0 aromatic carbocycles. The van der Waals surface area contributed by atoms with Crippen LogP contribution in [-0.4, -0.2) is 6.29 Å². The molecule has 9 heavy (non-hydrogen) atoms. The van der Waals surface area contributed by atoms with Crippen molar-refractivity contribution in [2.45, 2.75) is 6.92 Å². The maximum Gasteiger partial charge on any atom is 0.116 e. The van der Waals surface area contributed by atoms with Gasteiger partial charge in [-0.05, 0) is 6.92 Å². The lowest BCUT2D eigenvalue weighted by Crippen LogP contribution is -1.38. The van der Waals surface area contributed by atoms with Gasteiger partial charge in [0.05, 0.1) is 0 Å². The Bertz CT molecular complexity index is 91.1. The second-order valence-corrected chi connectivity index (χ2v) is 1.09. The van der Waals surface area contributed by atoms with E-state index in [-0.39, 0.29) is 0 Å². The van der Waals surface area contributed by atoms with E-state index in [0.29, 0.717) is 0 Å². The molecule has 0 aromatic heterocycles. The molecule has 0 radical (unpaired) electrons. The third kappa shape index (κ3) is 46.1. The van der Waals surface area contributed by atoms with Crippen LogP contribution in [-0.2, 0) is 4.79 Å². The zero-order valence-corrected chi connectivity index (χ0v) is 5.71. The van der Waals surface area contributed by atoms with E-state index in [0.717, 1.165) is 6.29 Å². The number of hydrogen-bond acceptors (Lipinski definition) is 1. The van der Waals surface area contributed by atoms with Crippen LogP contribution in [0.4, 0.5) is 0 Å². The molecular weight excluding hydrogens is 112 g/mol. The summed E-state index contributed by atoms with van der Waals surface area (Å²) in [5.74, 6) is 0. The second-order valence-electron chi connectivity index (χ2n) is 1.09. The van der Waals surface area contributed by atoms with Crippen molar-refractivity contribution in [2.24, 2.45) is 0 Å². The van der Waals surface area contributed by atoms with Gasteiger partial charge in [0.15, 0.2) is 0 Å². The molecule has 0 aliphatic heterocycles. The van der Waals surface area contributed by atoms with Gasteiger partial charge in [-0.1, -0.05) is 37.5 Å². The summed E-state index contributed by atoms with van der Waals surface area (Å²) in [6.45, 7) is 8.37. The van der Waals surface area contributed by atoms with Gasteiger partial charge in [-0.3, -0.25) is 0 Å². The lowest BCUT2D eigenvalue weighted by Gasteiger charge is -1.60. The molecule has 0 saturated heterocycles. The molecule has 0 saturated carbocycles. The van der Waals surface area contributed by atoms with E-state index in [2.05, 4.69) is 13.2 Å². The second kappa shape index (κ2) is 15.8. The van der Waals surface area contributed by atoms with Crippen molar-refractivity contribution in [1.82, 2.24) is 0 Å². The van der Waals surface area contributed by atoms with E-state index < -0.39 is 0 Å². The van der Waals surface area contributed by atoms with Crippen LogP contribution in [0, 0.1) is 0 Å². The molecule has 0 atom stereocenters. The molecule has 0 aliphatic carbocycles. The van der Waals surface area contributed by atoms with Gasteiger partial charge in [0, 0.05) is 0 Å². The minimum absolute atomic E-state index is 0.750. The van der Waals surface area contributed by atoms with E-state index in [1.54, 1.807) is 12.2 Å². The lowest BCUT2D eigenvalue weighted by atomic mass is 10.5. The van der Waals surface area contributed by atoms with Crippen molar-refractivity contribution < 1.29 is 4.79 Å². The highest BCUT2D eigenvalue weighted by molar-refractivity contribution is 5.44. The molecule has 1 nitrogen and oxygen atoms in total. The van der Waals surface area contributed by atoms with Gasteiger partial charge in [-0.15, -0.1) is 0 Å². The van der Waals surface area contributed by atoms with Gasteiger partial charge in [0.2, 0.25) is 0 Å². The van der Waals surface area contributed by atoms with Crippen molar-refractivity contribution in [3.8, 4) is 0 Å². The highest BCUT2D eigenvalue weighted by atomic mass is 16.1. The maximum atomic E-state index is 8.81. The Morgan fingerprint density at radius 3 is 1.44 bits per heavy atom. The monoisotopic (exact) mass is 124 g/mol. The first-order valence-electron chi connectivity index (χ1n) is 2.63. The molecule has 0 aromatic rings. The molecule has 0 rings (SSSR count). The Labute approximate surface area is 56.4 Å². The molecule has 1 heteroatoms. The number of hydrogen-bond donors (Lipinski definition) is 0. The van der Waals surface area contributed by atoms with Crippen molar-refractivity contribution in [3.05, 3.63) is 37.5 Å². The van der Waals surface area contributed by atoms with Gasteiger partial charge in [0.1, 0.15) is 6.29 Å². The van der Waals surface area contributed by atoms with Crippen molar-refractivity contribution in [1.29, 1.82) is 0 Å². The Kier molecular flexibility index (Phi) is 18.9. The molecule has 0 amide bonds. The van der Waals surface area contributed by atoms with E-state index in [1.807, 2.05) is 12.2 Å². The fourth-order valence-electron chi connectivity index (χ4n) is 0.157. The van der Waals surface area contributed by atoms with Crippen LogP contribution in [0.5, 0.6) is 0 Å². The molecule has 0 bridgehead atoms. The largest absolute Gasteiger partial charge is 0.304 e.